The fourth-order valence-electron chi connectivity index (χ4n) is 1.29. The minimum absolute atomic E-state index is 0.305. The lowest BCUT2D eigenvalue weighted by atomic mass is 10.1. The van der Waals surface area contributed by atoms with Crippen molar-refractivity contribution in [3.8, 4) is 0 Å². The van der Waals surface area contributed by atoms with Crippen LogP contribution in [0.1, 0.15) is 45.4 Å². The summed E-state index contributed by atoms with van der Waals surface area (Å²) in [6, 6.07) is 0. The molecule has 0 aromatic rings. The summed E-state index contributed by atoms with van der Waals surface area (Å²) in [6.45, 7) is 4.38. The zero-order chi connectivity index (χ0) is 10.1. The van der Waals surface area contributed by atoms with Gasteiger partial charge in [-0.15, -0.1) is 0 Å². The van der Waals surface area contributed by atoms with Crippen LogP contribution in [0.3, 0.4) is 0 Å². The summed E-state index contributed by atoms with van der Waals surface area (Å²) in [6.07, 6.45) is 8.01. The average molecular weight is 202 g/mol. The highest BCUT2D eigenvalue weighted by atomic mass is 17.2. The van der Waals surface area contributed by atoms with E-state index < -0.39 is 0 Å². The molecule has 1 heterocycles. The zero-order valence-corrected chi connectivity index (χ0v) is 9.17. The highest BCUT2D eigenvalue weighted by Crippen LogP contribution is 2.09. The van der Waals surface area contributed by atoms with Gasteiger partial charge in [-0.3, -0.25) is 0 Å². The Balaban J connectivity index is 1.63. The number of epoxide rings is 1. The lowest BCUT2D eigenvalue weighted by Gasteiger charge is -2.02. The number of rotatable bonds is 10. The average Bonchev–Trinajstić information content (AvgIpc) is 2.99. The Morgan fingerprint density at radius 1 is 1.07 bits per heavy atom. The second kappa shape index (κ2) is 8.21. The molecule has 0 bridgehead atoms. The maximum absolute atomic E-state index is 5.01. The maximum Gasteiger partial charge on any atom is 0.111 e. The molecule has 1 atom stereocenters. The molecule has 0 aliphatic carbocycles. The van der Waals surface area contributed by atoms with E-state index in [1.807, 2.05) is 0 Å². The number of unbranched alkanes of at least 4 members (excludes halogenated alkanes) is 5. The van der Waals surface area contributed by atoms with Crippen molar-refractivity contribution in [2.45, 2.75) is 51.6 Å². The van der Waals surface area contributed by atoms with E-state index in [-0.39, 0.29) is 0 Å². The van der Waals surface area contributed by atoms with Gasteiger partial charge in [0, 0.05) is 0 Å². The van der Waals surface area contributed by atoms with Crippen molar-refractivity contribution in [3.63, 3.8) is 0 Å². The smallest absolute Gasteiger partial charge is 0.111 e. The molecule has 0 N–H and O–H groups in total. The summed E-state index contributed by atoms with van der Waals surface area (Å²) in [5.41, 5.74) is 0. The first-order valence-electron chi connectivity index (χ1n) is 5.79. The third kappa shape index (κ3) is 7.30. The minimum atomic E-state index is 0.305. The lowest BCUT2D eigenvalue weighted by molar-refractivity contribution is -0.296. The van der Waals surface area contributed by atoms with Crippen molar-refractivity contribution in [3.05, 3.63) is 0 Å². The van der Waals surface area contributed by atoms with E-state index >= 15 is 0 Å². The summed E-state index contributed by atoms with van der Waals surface area (Å²) >= 11 is 0. The monoisotopic (exact) mass is 202 g/mol. The van der Waals surface area contributed by atoms with Gasteiger partial charge in [0.05, 0.1) is 13.2 Å². The van der Waals surface area contributed by atoms with Crippen LogP contribution in [0.4, 0.5) is 0 Å². The number of ether oxygens (including phenoxy) is 1. The second-order valence-corrected chi connectivity index (χ2v) is 3.83. The Morgan fingerprint density at radius 3 is 2.50 bits per heavy atom. The Kier molecular flexibility index (Phi) is 7.01. The predicted molar refractivity (Wildman–Crippen MR) is 55.0 cm³/mol. The van der Waals surface area contributed by atoms with Gasteiger partial charge in [-0.25, -0.2) is 9.78 Å². The molecule has 0 aromatic heterocycles. The third-order valence-corrected chi connectivity index (χ3v) is 2.32. The van der Waals surface area contributed by atoms with Crippen molar-refractivity contribution in [1.29, 1.82) is 0 Å². The molecule has 1 aliphatic rings. The van der Waals surface area contributed by atoms with E-state index in [1.165, 1.54) is 32.1 Å². The maximum atomic E-state index is 5.01. The molecular weight excluding hydrogens is 180 g/mol. The molecule has 1 saturated heterocycles. The third-order valence-electron chi connectivity index (χ3n) is 2.32. The molecule has 1 rings (SSSR count). The highest BCUT2D eigenvalue weighted by molar-refractivity contribution is 4.65. The van der Waals surface area contributed by atoms with Crippen LogP contribution in [0.2, 0.25) is 0 Å². The van der Waals surface area contributed by atoms with Crippen molar-refractivity contribution < 1.29 is 14.5 Å². The molecule has 84 valence electrons. The van der Waals surface area contributed by atoms with E-state index in [9.17, 15) is 0 Å². The normalized spacial score (nSPS) is 19.9. The van der Waals surface area contributed by atoms with Crippen LogP contribution in [-0.2, 0) is 14.5 Å². The molecule has 0 aromatic carbocycles. The number of hydrogen-bond acceptors (Lipinski definition) is 3. The Bertz CT molecular complexity index is 124. The molecule has 0 radical (unpaired) electrons. The largest absolute Gasteiger partial charge is 0.370 e. The van der Waals surface area contributed by atoms with Gasteiger partial charge in [0.1, 0.15) is 12.7 Å². The first-order valence-corrected chi connectivity index (χ1v) is 5.79. The molecule has 1 aliphatic heterocycles. The van der Waals surface area contributed by atoms with Gasteiger partial charge in [0.25, 0.3) is 0 Å². The van der Waals surface area contributed by atoms with Gasteiger partial charge < -0.3 is 4.74 Å². The predicted octanol–water partition coefficient (Wildman–Crippen LogP) is 2.69. The van der Waals surface area contributed by atoms with Crippen LogP contribution in [0.5, 0.6) is 0 Å². The highest BCUT2D eigenvalue weighted by Gasteiger charge is 2.22. The standard InChI is InChI=1S/C11H22O3/c1-2-3-4-5-6-7-8-13-14-10-11-9-12-11/h11H,2-10H2,1H3. The van der Waals surface area contributed by atoms with Crippen molar-refractivity contribution in [1.82, 2.24) is 0 Å². The fraction of sp³-hybridized carbons (Fsp3) is 1.00. The molecule has 0 amide bonds. The van der Waals surface area contributed by atoms with Gasteiger partial charge in [0.2, 0.25) is 0 Å². The van der Waals surface area contributed by atoms with E-state index in [0.29, 0.717) is 12.7 Å². The summed E-state index contributed by atoms with van der Waals surface area (Å²) < 4.78 is 4.98. The van der Waals surface area contributed by atoms with E-state index in [4.69, 9.17) is 14.5 Å². The van der Waals surface area contributed by atoms with Gasteiger partial charge in [0.15, 0.2) is 0 Å². The van der Waals surface area contributed by atoms with Crippen molar-refractivity contribution in [2.24, 2.45) is 0 Å². The first kappa shape index (κ1) is 12.0. The van der Waals surface area contributed by atoms with Crippen LogP contribution in [0.25, 0.3) is 0 Å². The van der Waals surface area contributed by atoms with Crippen LogP contribution < -0.4 is 0 Å². The lowest BCUT2D eigenvalue weighted by Crippen LogP contribution is -2.03. The van der Waals surface area contributed by atoms with Crippen LogP contribution >= 0.6 is 0 Å². The first-order chi connectivity index (χ1) is 6.93. The van der Waals surface area contributed by atoms with Crippen LogP contribution in [0.15, 0.2) is 0 Å². The Labute approximate surface area is 86.7 Å². The minimum Gasteiger partial charge on any atom is -0.370 e. The van der Waals surface area contributed by atoms with Gasteiger partial charge >= 0.3 is 0 Å². The Hall–Kier alpha value is -0.120. The molecule has 14 heavy (non-hydrogen) atoms. The topological polar surface area (TPSA) is 31.0 Å². The van der Waals surface area contributed by atoms with Gasteiger partial charge in [-0.05, 0) is 6.42 Å². The molecule has 1 fully saturated rings. The van der Waals surface area contributed by atoms with Crippen LogP contribution in [-0.4, -0.2) is 25.9 Å². The molecule has 3 heteroatoms. The van der Waals surface area contributed by atoms with Crippen LogP contribution in [0, 0.1) is 0 Å². The van der Waals surface area contributed by atoms with E-state index in [1.54, 1.807) is 0 Å². The second-order valence-electron chi connectivity index (χ2n) is 3.83. The quantitative estimate of drug-likeness (QED) is 0.236. The molecule has 3 nitrogen and oxygen atoms in total. The SMILES string of the molecule is CCCCCCCCOOCC1CO1. The van der Waals surface area contributed by atoms with Crippen molar-refractivity contribution in [2.75, 3.05) is 19.8 Å². The summed E-state index contributed by atoms with van der Waals surface area (Å²) in [5.74, 6) is 0. The van der Waals surface area contributed by atoms with Gasteiger partial charge in [-0.1, -0.05) is 39.0 Å². The van der Waals surface area contributed by atoms with Gasteiger partial charge in [-0.2, -0.15) is 0 Å². The summed E-state index contributed by atoms with van der Waals surface area (Å²) in [4.78, 5) is 9.97. The fourth-order valence-corrected chi connectivity index (χ4v) is 1.29. The molecule has 0 saturated carbocycles. The Morgan fingerprint density at radius 2 is 1.79 bits per heavy atom. The number of hydrogen-bond donors (Lipinski definition) is 0. The zero-order valence-electron chi connectivity index (χ0n) is 9.17. The summed E-state index contributed by atoms with van der Waals surface area (Å²) in [5, 5.41) is 0. The molecular formula is C11H22O3. The molecule has 0 spiro atoms. The molecule has 1 unspecified atom stereocenters. The van der Waals surface area contributed by atoms with E-state index in [2.05, 4.69) is 6.92 Å². The van der Waals surface area contributed by atoms with Crippen molar-refractivity contribution >= 4 is 0 Å². The summed E-state index contributed by atoms with van der Waals surface area (Å²) in [7, 11) is 0. The van der Waals surface area contributed by atoms with E-state index in [0.717, 1.165) is 19.6 Å².